The number of aryl methyl sites for hydroxylation is 1. The number of benzene rings is 2. The van der Waals surface area contributed by atoms with E-state index in [1.165, 1.54) is 5.56 Å². The highest BCUT2D eigenvalue weighted by Gasteiger charge is 2.16. The number of carbonyl (C=O) groups excluding carboxylic acids is 1. The summed E-state index contributed by atoms with van der Waals surface area (Å²) in [5.74, 6) is 1.15. The van der Waals surface area contributed by atoms with Gasteiger partial charge in [0.05, 0.1) is 13.2 Å². The van der Waals surface area contributed by atoms with Crippen LogP contribution >= 0.6 is 0 Å². The lowest BCUT2D eigenvalue weighted by Gasteiger charge is -2.20. The van der Waals surface area contributed by atoms with Gasteiger partial charge in [-0.1, -0.05) is 58.9 Å². The van der Waals surface area contributed by atoms with E-state index >= 15 is 0 Å². The topological polar surface area (TPSA) is 38.3 Å². The van der Waals surface area contributed by atoms with Crippen molar-refractivity contribution in [1.29, 1.82) is 0 Å². The Hall–Kier alpha value is -2.55. The second-order valence-electron chi connectivity index (χ2n) is 9.04. The van der Waals surface area contributed by atoms with Gasteiger partial charge in [-0.25, -0.2) is 0 Å². The molecule has 0 bridgehead atoms. The smallest absolute Gasteiger partial charge is 0.244 e. The highest BCUT2D eigenvalue weighted by Crippen LogP contribution is 2.32. The van der Waals surface area contributed by atoms with Gasteiger partial charge >= 0.3 is 0 Å². The highest BCUT2D eigenvalue weighted by molar-refractivity contribution is 5.92. The van der Waals surface area contributed by atoms with Crippen LogP contribution in [0.4, 0.5) is 0 Å². The van der Waals surface area contributed by atoms with Gasteiger partial charge < -0.3 is 10.1 Å². The molecule has 0 aliphatic heterocycles. The van der Waals surface area contributed by atoms with Gasteiger partial charge in [0.2, 0.25) is 5.91 Å². The largest absolute Gasteiger partial charge is 0.496 e. The molecule has 2 aromatic carbocycles. The minimum Gasteiger partial charge on any atom is -0.496 e. The molecule has 0 saturated heterocycles. The van der Waals surface area contributed by atoms with Gasteiger partial charge in [0.25, 0.3) is 0 Å². The molecule has 1 atom stereocenters. The summed E-state index contributed by atoms with van der Waals surface area (Å²) in [5, 5.41) is 3.08. The predicted molar refractivity (Wildman–Crippen MR) is 123 cm³/mol. The molecule has 0 aliphatic rings. The van der Waals surface area contributed by atoms with Crippen molar-refractivity contribution >= 4 is 12.0 Å². The van der Waals surface area contributed by atoms with E-state index in [4.69, 9.17) is 4.74 Å². The molecule has 0 aliphatic carbocycles. The minimum atomic E-state index is -0.0984. The van der Waals surface area contributed by atoms with Crippen molar-refractivity contribution in [3.8, 4) is 5.75 Å². The van der Waals surface area contributed by atoms with Gasteiger partial charge in [-0.3, -0.25) is 4.79 Å². The quantitative estimate of drug-likeness (QED) is 0.584. The van der Waals surface area contributed by atoms with Gasteiger partial charge in [-0.05, 0) is 71.2 Å². The first-order chi connectivity index (χ1) is 13.5. The summed E-state index contributed by atoms with van der Waals surface area (Å²) in [4.78, 5) is 12.5. The summed E-state index contributed by atoms with van der Waals surface area (Å²) in [7, 11) is 1.70. The molecule has 0 radical (unpaired) electrons. The van der Waals surface area contributed by atoms with E-state index in [1.54, 1.807) is 13.2 Å². The van der Waals surface area contributed by atoms with Crippen molar-refractivity contribution in [3.63, 3.8) is 0 Å². The minimum absolute atomic E-state index is 0.0844. The molecule has 0 heterocycles. The molecular weight excluding hydrogens is 358 g/mol. The van der Waals surface area contributed by atoms with Crippen LogP contribution < -0.4 is 10.1 Å². The molecule has 0 saturated carbocycles. The third-order valence-corrected chi connectivity index (χ3v) is 5.27. The fourth-order valence-electron chi connectivity index (χ4n) is 3.42. The number of hydrogen-bond donors (Lipinski definition) is 1. The summed E-state index contributed by atoms with van der Waals surface area (Å²) in [6.07, 6.45) is 3.46. The summed E-state index contributed by atoms with van der Waals surface area (Å²) in [5.41, 5.74) is 5.81. The fourth-order valence-corrected chi connectivity index (χ4v) is 3.42. The van der Waals surface area contributed by atoms with E-state index in [1.807, 2.05) is 13.0 Å². The average molecular weight is 394 g/mol. The second-order valence-corrected chi connectivity index (χ2v) is 9.04. The molecule has 156 valence electrons. The van der Waals surface area contributed by atoms with Gasteiger partial charge in [-0.2, -0.15) is 0 Å². The maximum atomic E-state index is 12.5. The van der Waals surface area contributed by atoms with E-state index in [0.29, 0.717) is 5.92 Å². The van der Waals surface area contributed by atoms with E-state index in [-0.39, 0.29) is 17.4 Å². The van der Waals surface area contributed by atoms with E-state index in [9.17, 15) is 4.79 Å². The summed E-state index contributed by atoms with van der Waals surface area (Å²) in [6.45, 7) is 14.9. The first-order valence-electron chi connectivity index (χ1n) is 10.3. The molecule has 1 amide bonds. The monoisotopic (exact) mass is 393 g/mol. The molecule has 2 aromatic rings. The lowest BCUT2D eigenvalue weighted by atomic mass is 9.87. The Kier molecular flexibility index (Phi) is 7.29. The van der Waals surface area contributed by atoms with Crippen LogP contribution in [-0.2, 0) is 10.2 Å². The Balaban J connectivity index is 2.11. The van der Waals surface area contributed by atoms with Crippen molar-refractivity contribution in [2.24, 2.45) is 0 Å². The van der Waals surface area contributed by atoms with Crippen LogP contribution in [0.1, 0.15) is 81.3 Å². The Labute approximate surface area is 176 Å². The number of hydrogen-bond acceptors (Lipinski definition) is 2. The number of amides is 1. The van der Waals surface area contributed by atoms with E-state index < -0.39 is 0 Å². The van der Waals surface area contributed by atoms with Crippen LogP contribution in [0.25, 0.3) is 6.08 Å². The number of ether oxygens (including phenoxy) is 1. The molecule has 0 aromatic heterocycles. The number of nitrogens with one attached hydrogen (secondary N) is 1. The third kappa shape index (κ3) is 5.96. The van der Waals surface area contributed by atoms with Crippen LogP contribution in [0.3, 0.4) is 0 Å². The SMILES string of the molecule is COc1cc(C)c([C@@H](C)NC(=O)/C=C/c2ccc(C(C)(C)C)cc2)cc1C(C)C. The van der Waals surface area contributed by atoms with Crippen LogP contribution in [0.5, 0.6) is 5.75 Å². The maximum absolute atomic E-state index is 12.5. The van der Waals surface area contributed by atoms with Crippen molar-refractivity contribution < 1.29 is 9.53 Å². The summed E-state index contributed by atoms with van der Waals surface area (Å²) in [6, 6.07) is 12.5. The number of carbonyl (C=O) groups is 1. The fraction of sp³-hybridized carbons (Fsp3) is 0.423. The normalized spacial score (nSPS) is 13.0. The Morgan fingerprint density at radius 2 is 1.66 bits per heavy atom. The van der Waals surface area contributed by atoms with Crippen LogP contribution in [0, 0.1) is 6.92 Å². The molecule has 0 fully saturated rings. The molecule has 0 spiro atoms. The number of rotatable bonds is 6. The van der Waals surface area contributed by atoms with Gasteiger partial charge in [0.15, 0.2) is 0 Å². The Morgan fingerprint density at radius 1 is 1.03 bits per heavy atom. The molecule has 3 heteroatoms. The van der Waals surface area contributed by atoms with Gasteiger partial charge in [0, 0.05) is 6.08 Å². The third-order valence-electron chi connectivity index (χ3n) is 5.27. The first-order valence-corrected chi connectivity index (χ1v) is 10.3. The summed E-state index contributed by atoms with van der Waals surface area (Å²) >= 11 is 0. The average Bonchev–Trinajstić information content (AvgIpc) is 2.65. The zero-order valence-corrected chi connectivity index (χ0v) is 19.1. The van der Waals surface area contributed by atoms with Crippen molar-refractivity contribution in [2.75, 3.05) is 7.11 Å². The standard InChI is InChI=1S/C26H35NO2/c1-17(2)22-16-23(18(3)15-24(22)29-8)19(4)27-25(28)14-11-20-9-12-21(13-10-20)26(5,6)7/h9-17,19H,1-8H3,(H,27,28)/b14-11+/t19-/m1/s1. The summed E-state index contributed by atoms with van der Waals surface area (Å²) < 4.78 is 5.52. The molecule has 3 nitrogen and oxygen atoms in total. The van der Waals surface area contributed by atoms with Crippen molar-refractivity contribution in [2.45, 2.75) is 65.8 Å². The predicted octanol–water partition coefficient (Wildman–Crippen LogP) is 6.32. The van der Waals surface area contributed by atoms with Crippen LogP contribution in [0.15, 0.2) is 42.5 Å². The Morgan fingerprint density at radius 3 is 2.17 bits per heavy atom. The maximum Gasteiger partial charge on any atom is 0.244 e. The molecule has 2 rings (SSSR count). The van der Waals surface area contributed by atoms with Gasteiger partial charge in [0.1, 0.15) is 5.75 Å². The first kappa shape index (κ1) is 22.7. The Bertz CT molecular complexity index is 871. The van der Waals surface area contributed by atoms with Crippen molar-refractivity contribution in [3.05, 3.63) is 70.3 Å². The van der Waals surface area contributed by atoms with Crippen LogP contribution in [-0.4, -0.2) is 13.0 Å². The zero-order chi connectivity index (χ0) is 21.8. The lowest BCUT2D eigenvalue weighted by Crippen LogP contribution is -2.25. The molecule has 1 N–H and O–H groups in total. The highest BCUT2D eigenvalue weighted by atomic mass is 16.5. The zero-order valence-electron chi connectivity index (χ0n) is 19.1. The number of methoxy groups -OCH3 is 1. The van der Waals surface area contributed by atoms with Gasteiger partial charge in [-0.15, -0.1) is 0 Å². The lowest BCUT2D eigenvalue weighted by molar-refractivity contribution is -0.117. The molecule has 0 unspecified atom stereocenters. The second kappa shape index (κ2) is 9.30. The molecular formula is C26H35NO2. The van der Waals surface area contributed by atoms with E-state index in [0.717, 1.165) is 28.0 Å². The molecule has 29 heavy (non-hydrogen) atoms. The van der Waals surface area contributed by atoms with Crippen molar-refractivity contribution in [1.82, 2.24) is 5.32 Å². The van der Waals surface area contributed by atoms with Crippen LogP contribution in [0.2, 0.25) is 0 Å². The van der Waals surface area contributed by atoms with E-state index in [2.05, 4.69) is 83.3 Å².